The summed E-state index contributed by atoms with van der Waals surface area (Å²) in [6, 6.07) is 20.1. The van der Waals surface area contributed by atoms with E-state index in [1.807, 2.05) is 0 Å². The summed E-state index contributed by atoms with van der Waals surface area (Å²) in [5.74, 6) is -0.150. The maximum Gasteiger partial charge on any atom is 0.264 e. The highest BCUT2D eigenvalue weighted by molar-refractivity contribution is 7.92. The highest BCUT2D eigenvalue weighted by Gasteiger charge is 2.29. The fraction of sp³-hybridized carbons (Fsp3) is 0.240. The highest BCUT2D eigenvalue weighted by atomic mass is 32.2. The molecule has 36 heavy (non-hydrogen) atoms. The number of hydrogen-bond donors (Lipinski definition) is 1. The second-order valence-electron chi connectivity index (χ2n) is 8.21. The number of hydrogen-bond acceptors (Lipinski definition) is 6. The third-order valence-electron chi connectivity index (χ3n) is 5.80. The van der Waals surface area contributed by atoms with Gasteiger partial charge in [0, 0.05) is 24.8 Å². The Bertz CT molecular complexity index is 1420. The molecule has 1 amide bonds. The average molecular weight is 530 g/mol. The molecule has 4 rings (SSSR count). The van der Waals surface area contributed by atoms with Crippen molar-refractivity contribution in [1.82, 2.24) is 4.31 Å². The standard InChI is InChI=1S/C25H27N3O6S2/c1-34-22-9-7-8-21(18-22)28(36(32,33)23-10-3-2-4-11-23)19-25(29)26-20-12-14-24(15-13-20)35(30,31)27-16-5-6-17-27/h2-4,7-15,18H,5-6,16-17,19H2,1H3,(H,26,29). The van der Waals surface area contributed by atoms with E-state index in [9.17, 15) is 21.6 Å². The molecule has 1 saturated heterocycles. The van der Waals surface area contributed by atoms with Crippen LogP contribution in [0.5, 0.6) is 5.75 Å². The number of sulfonamides is 2. The average Bonchev–Trinajstić information content (AvgIpc) is 3.44. The Hall–Kier alpha value is -3.41. The van der Waals surface area contributed by atoms with E-state index in [4.69, 9.17) is 4.74 Å². The Balaban J connectivity index is 1.56. The molecule has 0 spiro atoms. The molecule has 190 valence electrons. The van der Waals surface area contributed by atoms with E-state index in [0.29, 0.717) is 24.5 Å². The predicted octanol–water partition coefficient (Wildman–Crippen LogP) is 3.31. The van der Waals surface area contributed by atoms with Gasteiger partial charge >= 0.3 is 0 Å². The van der Waals surface area contributed by atoms with Gasteiger partial charge in [0.05, 0.1) is 22.6 Å². The number of rotatable bonds is 9. The van der Waals surface area contributed by atoms with Crippen LogP contribution in [0.1, 0.15) is 12.8 Å². The summed E-state index contributed by atoms with van der Waals surface area (Å²) < 4.78 is 60.0. The second kappa shape index (κ2) is 10.7. The van der Waals surface area contributed by atoms with Crippen molar-refractivity contribution in [2.24, 2.45) is 0 Å². The van der Waals surface area contributed by atoms with E-state index in [-0.39, 0.29) is 15.5 Å². The number of ether oxygens (including phenoxy) is 1. The molecule has 3 aromatic carbocycles. The van der Waals surface area contributed by atoms with Crippen molar-refractivity contribution < 1.29 is 26.4 Å². The van der Waals surface area contributed by atoms with E-state index in [0.717, 1.165) is 17.1 Å². The Morgan fingerprint density at radius 1 is 0.889 bits per heavy atom. The van der Waals surface area contributed by atoms with Gasteiger partial charge in [-0.2, -0.15) is 4.31 Å². The maximum atomic E-state index is 13.4. The third kappa shape index (κ3) is 5.53. The Morgan fingerprint density at radius 2 is 1.56 bits per heavy atom. The van der Waals surface area contributed by atoms with Crippen LogP contribution in [0.25, 0.3) is 0 Å². The number of nitrogens with one attached hydrogen (secondary N) is 1. The maximum absolute atomic E-state index is 13.4. The number of benzene rings is 3. The van der Waals surface area contributed by atoms with Crippen LogP contribution in [0.3, 0.4) is 0 Å². The number of anilines is 2. The molecule has 1 aliphatic rings. The second-order valence-corrected chi connectivity index (χ2v) is 12.0. The lowest BCUT2D eigenvalue weighted by atomic mass is 10.3. The van der Waals surface area contributed by atoms with Crippen LogP contribution in [0, 0.1) is 0 Å². The van der Waals surface area contributed by atoms with E-state index in [1.165, 1.54) is 53.9 Å². The third-order valence-corrected chi connectivity index (χ3v) is 9.50. The van der Waals surface area contributed by atoms with E-state index in [2.05, 4.69) is 5.32 Å². The van der Waals surface area contributed by atoms with Crippen molar-refractivity contribution in [1.29, 1.82) is 0 Å². The molecule has 9 nitrogen and oxygen atoms in total. The fourth-order valence-corrected chi connectivity index (χ4v) is 6.87. The molecule has 0 saturated carbocycles. The van der Waals surface area contributed by atoms with Crippen molar-refractivity contribution in [3.05, 3.63) is 78.9 Å². The molecule has 1 N–H and O–H groups in total. The smallest absolute Gasteiger partial charge is 0.264 e. The zero-order chi connectivity index (χ0) is 25.8. The first-order valence-corrected chi connectivity index (χ1v) is 14.2. The number of carbonyl (C=O) groups is 1. The lowest BCUT2D eigenvalue weighted by Crippen LogP contribution is -2.38. The minimum absolute atomic E-state index is 0.0390. The normalized spacial score (nSPS) is 14.4. The Labute approximate surface area is 211 Å². The molecule has 1 aliphatic heterocycles. The lowest BCUT2D eigenvalue weighted by molar-refractivity contribution is -0.114. The van der Waals surface area contributed by atoms with Crippen molar-refractivity contribution in [2.75, 3.05) is 36.4 Å². The van der Waals surface area contributed by atoms with Crippen molar-refractivity contribution in [3.8, 4) is 5.75 Å². The van der Waals surface area contributed by atoms with E-state index >= 15 is 0 Å². The first-order chi connectivity index (χ1) is 17.2. The van der Waals surface area contributed by atoms with Crippen molar-refractivity contribution in [3.63, 3.8) is 0 Å². The molecule has 0 radical (unpaired) electrons. The van der Waals surface area contributed by atoms with Crippen LogP contribution >= 0.6 is 0 Å². The van der Waals surface area contributed by atoms with Crippen LogP contribution in [0.2, 0.25) is 0 Å². The van der Waals surface area contributed by atoms with Gasteiger partial charge in [-0.15, -0.1) is 0 Å². The van der Waals surface area contributed by atoms with Crippen LogP contribution in [0.15, 0.2) is 88.7 Å². The van der Waals surface area contributed by atoms with Gasteiger partial charge in [-0.05, 0) is 61.4 Å². The van der Waals surface area contributed by atoms with E-state index < -0.39 is 32.5 Å². The molecular weight excluding hydrogens is 502 g/mol. The van der Waals surface area contributed by atoms with Gasteiger partial charge in [-0.1, -0.05) is 24.3 Å². The zero-order valence-corrected chi connectivity index (χ0v) is 21.3. The van der Waals surface area contributed by atoms with Gasteiger partial charge < -0.3 is 10.1 Å². The van der Waals surface area contributed by atoms with Gasteiger partial charge in [-0.25, -0.2) is 16.8 Å². The molecule has 0 aliphatic carbocycles. The summed E-state index contributed by atoms with van der Waals surface area (Å²) in [4.78, 5) is 13.1. The number of nitrogens with zero attached hydrogens (tertiary/aromatic N) is 2. The van der Waals surface area contributed by atoms with Gasteiger partial charge in [0.2, 0.25) is 15.9 Å². The SMILES string of the molecule is COc1cccc(N(CC(=O)Nc2ccc(S(=O)(=O)N3CCCC3)cc2)S(=O)(=O)c2ccccc2)c1. The number of methoxy groups -OCH3 is 1. The largest absolute Gasteiger partial charge is 0.497 e. The molecule has 0 bridgehead atoms. The summed E-state index contributed by atoms with van der Waals surface area (Å²) in [5.41, 5.74) is 0.614. The van der Waals surface area contributed by atoms with Crippen LogP contribution in [-0.4, -0.2) is 53.8 Å². The minimum Gasteiger partial charge on any atom is -0.497 e. The van der Waals surface area contributed by atoms with Gasteiger partial charge in [0.1, 0.15) is 12.3 Å². The molecule has 1 heterocycles. The molecule has 1 fully saturated rings. The summed E-state index contributed by atoms with van der Waals surface area (Å²) in [5, 5.41) is 2.66. The van der Waals surface area contributed by atoms with Crippen LogP contribution in [-0.2, 0) is 24.8 Å². The first kappa shape index (κ1) is 25.7. The number of amides is 1. The highest BCUT2D eigenvalue weighted by Crippen LogP contribution is 2.27. The van der Waals surface area contributed by atoms with Crippen LogP contribution < -0.4 is 14.4 Å². The van der Waals surface area contributed by atoms with E-state index in [1.54, 1.807) is 36.4 Å². The van der Waals surface area contributed by atoms with Gasteiger partial charge in [0.25, 0.3) is 10.0 Å². The Kier molecular flexibility index (Phi) is 7.62. The quantitative estimate of drug-likeness (QED) is 0.455. The zero-order valence-electron chi connectivity index (χ0n) is 19.7. The Morgan fingerprint density at radius 3 is 2.19 bits per heavy atom. The van der Waals surface area contributed by atoms with Gasteiger partial charge in [-0.3, -0.25) is 9.10 Å². The minimum atomic E-state index is -4.07. The molecule has 0 unspecified atom stereocenters. The lowest BCUT2D eigenvalue weighted by Gasteiger charge is -2.24. The summed E-state index contributed by atoms with van der Waals surface area (Å²) in [7, 11) is -6.18. The van der Waals surface area contributed by atoms with Crippen molar-refractivity contribution in [2.45, 2.75) is 22.6 Å². The monoisotopic (exact) mass is 529 g/mol. The molecule has 0 aromatic heterocycles. The van der Waals surface area contributed by atoms with Crippen molar-refractivity contribution >= 4 is 37.3 Å². The fourth-order valence-electron chi connectivity index (χ4n) is 3.92. The van der Waals surface area contributed by atoms with Gasteiger partial charge in [0.15, 0.2) is 0 Å². The topological polar surface area (TPSA) is 113 Å². The molecular formula is C25H27N3O6S2. The summed E-state index contributed by atoms with van der Waals surface area (Å²) >= 11 is 0. The number of carbonyl (C=O) groups excluding carboxylic acids is 1. The molecule has 3 aromatic rings. The predicted molar refractivity (Wildman–Crippen MR) is 137 cm³/mol. The first-order valence-electron chi connectivity index (χ1n) is 11.3. The molecule has 11 heteroatoms. The molecule has 0 atom stereocenters. The summed E-state index contributed by atoms with van der Waals surface area (Å²) in [6.07, 6.45) is 1.67. The summed E-state index contributed by atoms with van der Waals surface area (Å²) in [6.45, 7) is 0.492. The van der Waals surface area contributed by atoms with Crippen LogP contribution in [0.4, 0.5) is 11.4 Å².